The molecule has 1 fully saturated rings. The highest BCUT2D eigenvalue weighted by Crippen LogP contribution is 2.26. The summed E-state index contributed by atoms with van der Waals surface area (Å²) in [6.45, 7) is 5.36. The summed E-state index contributed by atoms with van der Waals surface area (Å²) in [7, 11) is 1.65. The van der Waals surface area contributed by atoms with Crippen molar-refractivity contribution in [1.82, 2.24) is 24.6 Å². The molecule has 4 rings (SSSR count). The molecule has 3 aromatic rings. The maximum Gasteiger partial charge on any atom is 0.244 e. The summed E-state index contributed by atoms with van der Waals surface area (Å²) in [5, 5.41) is 4.28. The number of rotatable bonds is 5. The average Bonchev–Trinajstić information content (AvgIpc) is 3.10. The van der Waals surface area contributed by atoms with Crippen LogP contribution in [0.25, 0.3) is 11.1 Å². The van der Waals surface area contributed by atoms with E-state index in [4.69, 9.17) is 9.47 Å². The lowest BCUT2D eigenvalue weighted by molar-refractivity contribution is -0.140. The van der Waals surface area contributed by atoms with Crippen molar-refractivity contribution in [3.05, 3.63) is 59.9 Å². The Kier molecular flexibility index (Phi) is 5.76. The number of carbonyl (C=O) groups is 1. The molecule has 1 aliphatic rings. The van der Waals surface area contributed by atoms with E-state index in [9.17, 15) is 4.79 Å². The molecule has 30 heavy (non-hydrogen) atoms. The fraction of sp³-hybridized carbons (Fsp3) is 0.364. The van der Waals surface area contributed by atoms with Crippen LogP contribution in [-0.2, 0) is 16.1 Å². The Balaban J connectivity index is 1.44. The molecule has 156 valence electrons. The number of morpholine rings is 1. The molecule has 1 amide bonds. The molecule has 0 aliphatic carbocycles. The second-order valence-corrected chi connectivity index (χ2v) is 7.27. The molecule has 1 saturated heterocycles. The molecule has 0 saturated carbocycles. The number of hydrogen-bond donors (Lipinski definition) is 0. The third kappa shape index (κ3) is 4.33. The van der Waals surface area contributed by atoms with Crippen molar-refractivity contribution in [2.45, 2.75) is 26.5 Å². The minimum absolute atomic E-state index is 0.00398. The maximum absolute atomic E-state index is 12.8. The van der Waals surface area contributed by atoms with Gasteiger partial charge in [0.15, 0.2) is 0 Å². The molecule has 8 nitrogen and oxygen atoms in total. The second-order valence-electron chi connectivity index (χ2n) is 7.27. The molecule has 2 aromatic heterocycles. The van der Waals surface area contributed by atoms with Gasteiger partial charge in [-0.25, -0.2) is 9.67 Å². The molecule has 0 N–H and O–H groups in total. The van der Waals surface area contributed by atoms with Crippen LogP contribution in [0.1, 0.15) is 23.4 Å². The fourth-order valence-corrected chi connectivity index (χ4v) is 3.56. The Hall–Kier alpha value is -3.26. The average molecular weight is 407 g/mol. The normalized spacial score (nSPS) is 16.5. The van der Waals surface area contributed by atoms with Crippen LogP contribution < -0.4 is 4.74 Å². The highest BCUT2D eigenvalue weighted by molar-refractivity contribution is 5.76. The Morgan fingerprint density at radius 1 is 1.23 bits per heavy atom. The van der Waals surface area contributed by atoms with Crippen molar-refractivity contribution in [2.24, 2.45) is 0 Å². The van der Waals surface area contributed by atoms with Gasteiger partial charge in [-0.3, -0.25) is 9.78 Å². The first-order valence-electron chi connectivity index (χ1n) is 9.91. The standard InChI is InChI=1S/C22H25N5O3/c1-15-24-16(2)27(25-15)14-22(28)26-9-10-30-21(13-26)20-8-7-18(12-23-20)17-5-4-6-19(11-17)29-3/h4-8,11-12,21H,9-10,13-14H2,1-3H3/t21-/m1/s1. The van der Waals surface area contributed by atoms with E-state index in [-0.39, 0.29) is 18.6 Å². The van der Waals surface area contributed by atoms with Crippen LogP contribution in [0.5, 0.6) is 5.75 Å². The molecule has 0 radical (unpaired) electrons. The van der Waals surface area contributed by atoms with Crippen molar-refractivity contribution in [1.29, 1.82) is 0 Å². The van der Waals surface area contributed by atoms with Gasteiger partial charge < -0.3 is 14.4 Å². The van der Waals surface area contributed by atoms with E-state index in [0.717, 1.165) is 28.4 Å². The predicted molar refractivity (Wildman–Crippen MR) is 111 cm³/mol. The number of ether oxygens (including phenoxy) is 2. The Morgan fingerprint density at radius 3 is 2.80 bits per heavy atom. The quantitative estimate of drug-likeness (QED) is 0.647. The number of aryl methyl sites for hydroxylation is 2. The van der Waals surface area contributed by atoms with Gasteiger partial charge in [0.05, 0.1) is 26.0 Å². The smallest absolute Gasteiger partial charge is 0.244 e. The van der Waals surface area contributed by atoms with Crippen LogP contribution in [0.3, 0.4) is 0 Å². The summed E-state index contributed by atoms with van der Waals surface area (Å²) in [5.74, 6) is 2.21. The summed E-state index contributed by atoms with van der Waals surface area (Å²) < 4.78 is 12.8. The molecule has 3 heterocycles. The molecular formula is C22H25N5O3. The zero-order chi connectivity index (χ0) is 21.1. The van der Waals surface area contributed by atoms with Crippen molar-refractivity contribution < 1.29 is 14.3 Å². The van der Waals surface area contributed by atoms with Crippen LogP contribution in [0, 0.1) is 13.8 Å². The first-order valence-corrected chi connectivity index (χ1v) is 9.91. The van der Waals surface area contributed by atoms with Crippen molar-refractivity contribution in [3.8, 4) is 16.9 Å². The molecule has 1 atom stereocenters. The van der Waals surface area contributed by atoms with Crippen molar-refractivity contribution in [2.75, 3.05) is 26.8 Å². The van der Waals surface area contributed by atoms with E-state index in [0.29, 0.717) is 25.5 Å². The zero-order valence-electron chi connectivity index (χ0n) is 17.4. The zero-order valence-corrected chi connectivity index (χ0v) is 17.4. The van der Waals surface area contributed by atoms with Gasteiger partial charge in [-0.1, -0.05) is 18.2 Å². The van der Waals surface area contributed by atoms with Gasteiger partial charge in [0, 0.05) is 18.3 Å². The molecule has 1 aliphatic heterocycles. The van der Waals surface area contributed by atoms with Gasteiger partial charge in [-0.2, -0.15) is 5.10 Å². The number of aromatic nitrogens is 4. The van der Waals surface area contributed by atoms with Crippen LogP contribution >= 0.6 is 0 Å². The van der Waals surface area contributed by atoms with Crippen LogP contribution in [-0.4, -0.2) is 57.4 Å². The molecule has 8 heteroatoms. The summed E-state index contributed by atoms with van der Waals surface area (Å²) in [6.07, 6.45) is 1.58. The monoisotopic (exact) mass is 407 g/mol. The number of carbonyl (C=O) groups excluding carboxylic acids is 1. The summed E-state index contributed by atoms with van der Waals surface area (Å²) >= 11 is 0. The van der Waals surface area contributed by atoms with E-state index in [1.807, 2.05) is 61.3 Å². The fourth-order valence-electron chi connectivity index (χ4n) is 3.56. The number of pyridine rings is 1. The van der Waals surface area contributed by atoms with Gasteiger partial charge in [0.1, 0.15) is 30.0 Å². The van der Waals surface area contributed by atoms with Gasteiger partial charge in [0.2, 0.25) is 5.91 Å². The lowest BCUT2D eigenvalue weighted by Crippen LogP contribution is -2.44. The lowest BCUT2D eigenvalue weighted by Gasteiger charge is -2.32. The van der Waals surface area contributed by atoms with Gasteiger partial charge in [-0.15, -0.1) is 0 Å². The van der Waals surface area contributed by atoms with Crippen LogP contribution in [0.4, 0.5) is 0 Å². The first kappa shape index (κ1) is 20.0. The Labute approximate surface area is 175 Å². The molecule has 0 bridgehead atoms. The number of nitrogens with zero attached hydrogens (tertiary/aromatic N) is 5. The second kappa shape index (κ2) is 8.62. The van der Waals surface area contributed by atoms with Crippen LogP contribution in [0.2, 0.25) is 0 Å². The van der Waals surface area contributed by atoms with E-state index in [1.165, 1.54) is 0 Å². The third-order valence-electron chi connectivity index (χ3n) is 5.19. The third-order valence-corrected chi connectivity index (χ3v) is 5.19. The molecule has 1 aromatic carbocycles. The first-order chi connectivity index (χ1) is 14.5. The largest absolute Gasteiger partial charge is 0.497 e. The number of methoxy groups -OCH3 is 1. The van der Waals surface area contributed by atoms with E-state index in [1.54, 1.807) is 11.8 Å². The van der Waals surface area contributed by atoms with Crippen LogP contribution in [0.15, 0.2) is 42.6 Å². The van der Waals surface area contributed by atoms with Gasteiger partial charge >= 0.3 is 0 Å². The maximum atomic E-state index is 12.8. The van der Waals surface area contributed by atoms with Crippen molar-refractivity contribution >= 4 is 5.91 Å². The van der Waals surface area contributed by atoms with E-state index in [2.05, 4.69) is 15.1 Å². The molecular weight excluding hydrogens is 382 g/mol. The SMILES string of the molecule is COc1cccc(-c2ccc([C@H]3CN(C(=O)Cn4nc(C)nc4C)CCO3)nc2)c1. The lowest BCUT2D eigenvalue weighted by atomic mass is 10.1. The van der Waals surface area contributed by atoms with E-state index < -0.39 is 0 Å². The number of amides is 1. The molecule has 0 spiro atoms. The van der Waals surface area contributed by atoms with Gasteiger partial charge in [0.25, 0.3) is 0 Å². The Bertz CT molecular complexity index is 1030. The predicted octanol–water partition coefficient (Wildman–Crippen LogP) is 2.57. The number of benzene rings is 1. The highest BCUT2D eigenvalue weighted by Gasteiger charge is 2.27. The highest BCUT2D eigenvalue weighted by atomic mass is 16.5. The minimum Gasteiger partial charge on any atom is -0.497 e. The Morgan fingerprint density at radius 2 is 2.10 bits per heavy atom. The van der Waals surface area contributed by atoms with E-state index >= 15 is 0 Å². The molecule has 0 unspecified atom stereocenters. The summed E-state index contributed by atoms with van der Waals surface area (Å²) in [5.41, 5.74) is 2.85. The summed E-state index contributed by atoms with van der Waals surface area (Å²) in [4.78, 5) is 23.4. The minimum atomic E-state index is -0.249. The topological polar surface area (TPSA) is 82.4 Å². The van der Waals surface area contributed by atoms with Gasteiger partial charge in [-0.05, 0) is 37.6 Å². The number of hydrogen-bond acceptors (Lipinski definition) is 6. The van der Waals surface area contributed by atoms with Crippen molar-refractivity contribution in [3.63, 3.8) is 0 Å². The summed E-state index contributed by atoms with van der Waals surface area (Å²) in [6, 6.07) is 11.8.